The zero-order valence-corrected chi connectivity index (χ0v) is 12.7. The van der Waals surface area contributed by atoms with Gasteiger partial charge in [-0.2, -0.15) is 0 Å². The van der Waals surface area contributed by atoms with Crippen LogP contribution in [-0.2, 0) is 10.0 Å². The van der Waals surface area contributed by atoms with Crippen molar-refractivity contribution < 1.29 is 18.3 Å². The molecule has 0 radical (unpaired) electrons. The van der Waals surface area contributed by atoms with Crippen molar-refractivity contribution in [3.05, 3.63) is 48.0 Å². The third-order valence-electron chi connectivity index (χ3n) is 2.83. The van der Waals surface area contributed by atoms with Gasteiger partial charge < -0.3 is 9.84 Å². The fourth-order valence-electron chi connectivity index (χ4n) is 1.76. The van der Waals surface area contributed by atoms with Crippen molar-refractivity contribution in [2.24, 2.45) is 10.1 Å². The average Bonchev–Trinajstić information content (AvgIpc) is 2.46. The van der Waals surface area contributed by atoms with Crippen LogP contribution < -0.4 is 9.88 Å². The standard InChI is InChI=1S/C15H16N2O4S/c1-2-21-13-6-3-11(15(18)9-13)10-17-12-4-7-14(8-5-12)22(16,19)20/h3-10,18H,2H2,1H3,(H2,16,19,20). The van der Waals surface area contributed by atoms with Crippen LogP contribution in [0.2, 0.25) is 0 Å². The molecule has 0 aliphatic heterocycles. The van der Waals surface area contributed by atoms with E-state index < -0.39 is 10.0 Å². The van der Waals surface area contributed by atoms with Gasteiger partial charge in [-0.1, -0.05) is 0 Å². The summed E-state index contributed by atoms with van der Waals surface area (Å²) < 4.78 is 27.6. The SMILES string of the molecule is CCOc1ccc(C=Nc2ccc(S(N)(=O)=O)cc2)c(O)c1. The number of hydrogen-bond acceptors (Lipinski definition) is 5. The van der Waals surface area contributed by atoms with E-state index in [1.54, 1.807) is 12.1 Å². The molecule has 6 nitrogen and oxygen atoms in total. The predicted octanol–water partition coefficient (Wildman–Crippen LogP) is 2.19. The molecule has 0 saturated heterocycles. The number of hydrogen-bond donors (Lipinski definition) is 2. The Bertz CT molecular complexity index is 784. The molecule has 0 amide bonds. The zero-order valence-electron chi connectivity index (χ0n) is 11.9. The summed E-state index contributed by atoms with van der Waals surface area (Å²) in [5.41, 5.74) is 1.07. The Morgan fingerprint density at radius 3 is 2.45 bits per heavy atom. The van der Waals surface area contributed by atoms with Crippen LogP contribution in [0.4, 0.5) is 5.69 Å². The van der Waals surface area contributed by atoms with E-state index in [1.165, 1.54) is 36.5 Å². The van der Waals surface area contributed by atoms with Gasteiger partial charge in [0.2, 0.25) is 10.0 Å². The first kappa shape index (κ1) is 16.0. The molecule has 0 saturated carbocycles. The second-order valence-corrected chi connectivity index (χ2v) is 6.01. The molecule has 2 rings (SSSR count). The van der Waals surface area contributed by atoms with Crippen molar-refractivity contribution in [2.45, 2.75) is 11.8 Å². The lowest BCUT2D eigenvalue weighted by atomic mass is 10.2. The Hall–Kier alpha value is -2.38. The summed E-state index contributed by atoms with van der Waals surface area (Å²) in [6.45, 7) is 2.38. The molecule has 0 spiro atoms. The molecule has 0 aliphatic rings. The number of aliphatic imine (C=N–C) groups is 1. The second kappa shape index (κ2) is 6.59. The Morgan fingerprint density at radius 2 is 1.91 bits per heavy atom. The highest BCUT2D eigenvalue weighted by molar-refractivity contribution is 7.89. The number of aromatic hydroxyl groups is 1. The quantitative estimate of drug-likeness (QED) is 0.824. The van der Waals surface area contributed by atoms with Crippen molar-refractivity contribution in [3.63, 3.8) is 0 Å². The van der Waals surface area contributed by atoms with Gasteiger partial charge >= 0.3 is 0 Å². The van der Waals surface area contributed by atoms with Gasteiger partial charge in [0, 0.05) is 17.8 Å². The molecule has 0 fully saturated rings. The van der Waals surface area contributed by atoms with Crippen LogP contribution in [0.25, 0.3) is 0 Å². The summed E-state index contributed by atoms with van der Waals surface area (Å²) in [4.78, 5) is 4.20. The highest BCUT2D eigenvalue weighted by atomic mass is 32.2. The van der Waals surface area contributed by atoms with E-state index in [1.807, 2.05) is 6.92 Å². The number of nitrogens with two attached hydrogens (primary N) is 1. The lowest BCUT2D eigenvalue weighted by Gasteiger charge is -2.05. The Morgan fingerprint density at radius 1 is 1.23 bits per heavy atom. The van der Waals surface area contributed by atoms with Crippen molar-refractivity contribution in [1.82, 2.24) is 0 Å². The fraction of sp³-hybridized carbons (Fsp3) is 0.133. The smallest absolute Gasteiger partial charge is 0.238 e. The number of rotatable bonds is 5. The third-order valence-corrected chi connectivity index (χ3v) is 3.76. The second-order valence-electron chi connectivity index (χ2n) is 4.45. The number of primary sulfonamides is 1. The topological polar surface area (TPSA) is 102 Å². The van der Waals surface area contributed by atoms with E-state index in [4.69, 9.17) is 9.88 Å². The maximum atomic E-state index is 11.1. The summed E-state index contributed by atoms with van der Waals surface area (Å²) >= 11 is 0. The number of sulfonamides is 1. The number of nitrogens with zero attached hydrogens (tertiary/aromatic N) is 1. The maximum Gasteiger partial charge on any atom is 0.238 e. The average molecular weight is 320 g/mol. The maximum absolute atomic E-state index is 11.1. The largest absolute Gasteiger partial charge is 0.507 e. The summed E-state index contributed by atoms with van der Waals surface area (Å²) in [6.07, 6.45) is 1.48. The molecule has 0 bridgehead atoms. The van der Waals surface area contributed by atoms with E-state index >= 15 is 0 Å². The van der Waals surface area contributed by atoms with Gasteiger partial charge in [0.1, 0.15) is 11.5 Å². The number of ether oxygens (including phenoxy) is 1. The number of phenolic OH excluding ortho intramolecular Hbond substituents is 1. The molecule has 0 aliphatic carbocycles. The Kier molecular flexibility index (Phi) is 4.79. The molecule has 2 aromatic carbocycles. The van der Waals surface area contributed by atoms with Gasteiger partial charge in [-0.15, -0.1) is 0 Å². The van der Waals surface area contributed by atoms with Crippen molar-refractivity contribution >= 4 is 21.9 Å². The summed E-state index contributed by atoms with van der Waals surface area (Å²) in [5.74, 6) is 0.630. The molecule has 0 heterocycles. The molecule has 116 valence electrons. The highest BCUT2D eigenvalue weighted by Gasteiger charge is 2.06. The van der Waals surface area contributed by atoms with Crippen molar-refractivity contribution in [2.75, 3.05) is 6.61 Å². The summed E-state index contributed by atoms with van der Waals surface area (Å²) in [6, 6.07) is 10.7. The zero-order chi connectivity index (χ0) is 16.2. The van der Waals surface area contributed by atoms with Crippen LogP contribution >= 0.6 is 0 Å². The summed E-state index contributed by atoms with van der Waals surface area (Å²) in [7, 11) is -3.71. The van der Waals surface area contributed by atoms with Crippen LogP contribution in [-0.4, -0.2) is 26.3 Å². The highest BCUT2D eigenvalue weighted by Crippen LogP contribution is 2.23. The monoisotopic (exact) mass is 320 g/mol. The molecular weight excluding hydrogens is 304 g/mol. The van der Waals surface area contributed by atoms with Gasteiger partial charge in [-0.05, 0) is 43.3 Å². The fourth-order valence-corrected chi connectivity index (χ4v) is 2.27. The molecule has 0 atom stereocenters. The van der Waals surface area contributed by atoms with Gasteiger partial charge in [-0.3, -0.25) is 4.99 Å². The van der Waals surface area contributed by atoms with Crippen LogP contribution in [0.5, 0.6) is 11.5 Å². The number of phenols is 1. The van der Waals surface area contributed by atoms with E-state index in [0.717, 1.165) is 0 Å². The third kappa shape index (κ3) is 4.06. The normalized spacial score (nSPS) is 11.7. The van der Waals surface area contributed by atoms with Crippen molar-refractivity contribution in [3.8, 4) is 11.5 Å². The summed E-state index contributed by atoms with van der Waals surface area (Å²) in [5, 5.41) is 14.9. The predicted molar refractivity (Wildman–Crippen MR) is 84.3 cm³/mol. The van der Waals surface area contributed by atoms with E-state index in [9.17, 15) is 13.5 Å². The first-order valence-electron chi connectivity index (χ1n) is 6.53. The molecule has 0 aromatic heterocycles. The number of benzene rings is 2. The van der Waals surface area contributed by atoms with Gasteiger partial charge in [-0.25, -0.2) is 13.6 Å². The van der Waals surface area contributed by atoms with Crippen LogP contribution in [0.3, 0.4) is 0 Å². The van der Waals surface area contributed by atoms with E-state index in [2.05, 4.69) is 4.99 Å². The van der Waals surface area contributed by atoms with Gasteiger partial charge in [0.15, 0.2) is 0 Å². The minimum absolute atomic E-state index is 0.0235. The molecular formula is C15H16N2O4S. The van der Waals surface area contributed by atoms with Gasteiger partial charge in [0.05, 0.1) is 17.2 Å². The minimum atomic E-state index is -3.71. The lowest BCUT2D eigenvalue weighted by Crippen LogP contribution is -2.11. The molecule has 0 unspecified atom stereocenters. The van der Waals surface area contributed by atoms with E-state index in [0.29, 0.717) is 23.6 Å². The molecule has 7 heteroatoms. The molecule has 2 aromatic rings. The molecule has 3 N–H and O–H groups in total. The van der Waals surface area contributed by atoms with Crippen molar-refractivity contribution in [1.29, 1.82) is 0 Å². The minimum Gasteiger partial charge on any atom is -0.507 e. The van der Waals surface area contributed by atoms with Crippen LogP contribution in [0, 0.1) is 0 Å². The first-order valence-corrected chi connectivity index (χ1v) is 8.07. The first-order chi connectivity index (χ1) is 10.4. The van der Waals surface area contributed by atoms with Gasteiger partial charge in [0.25, 0.3) is 0 Å². The van der Waals surface area contributed by atoms with Crippen LogP contribution in [0.15, 0.2) is 52.4 Å². The van der Waals surface area contributed by atoms with E-state index in [-0.39, 0.29) is 10.6 Å². The van der Waals surface area contributed by atoms with Crippen LogP contribution in [0.1, 0.15) is 12.5 Å². The molecule has 22 heavy (non-hydrogen) atoms. The lowest BCUT2D eigenvalue weighted by molar-refractivity contribution is 0.337. The Labute approximate surface area is 128 Å². The Balaban J connectivity index is 2.18.